The average molecular weight is 1630 g/mol. The number of nitrogens with zero attached hydrogens (tertiary/aromatic N) is 2. The number of carbonyl (C=O) groups is 7. The Morgan fingerprint density at radius 2 is 0.681 bits per heavy atom. The van der Waals surface area contributed by atoms with Crippen molar-refractivity contribution in [2.45, 2.75) is 321 Å². The third kappa shape index (κ3) is 39.9. The number of rotatable bonds is 28. The van der Waals surface area contributed by atoms with Crippen molar-refractivity contribution in [3.05, 3.63) is 147 Å². The highest BCUT2D eigenvalue weighted by atomic mass is 16.6. The monoisotopic (exact) mass is 1620 g/mol. The van der Waals surface area contributed by atoms with Gasteiger partial charge in [-0.1, -0.05) is 235 Å². The van der Waals surface area contributed by atoms with Gasteiger partial charge < -0.3 is 48.5 Å². The topological polar surface area (TPSA) is 286 Å². The predicted octanol–water partition coefficient (Wildman–Crippen LogP) is 23.2. The molecule has 0 radical (unpaired) electrons. The second kappa shape index (κ2) is 52.1. The fourth-order valence-corrected chi connectivity index (χ4v) is 10.00. The maximum Gasteiger partial charge on any atom is 0.338 e. The quantitative estimate of drug-likeness (QED) is 0.0202. The molecule has 20 nitrogen and oxygen atoms in total. The minimum absolute atomic E-state index is 0. The van der Waals surface area contributed by atoms with Crippen LogP contribution in [0.25, 0.3) is 11.0 Å². The van der Waals surface area contributed by atoms with Gasteiger partial charge in [0.15, 0.2) is 0 Å². The lowest BCUT2D eigenvalue weighted by Crippen LogP contribution is -2.27. The number of phenolic OH excluding ortho intramolecular Hbond substituents is 3. The second-order valence-electron chi connectivity index (χ2n) is 35.2. The predicted molar refractivity (Wildman–Crippen MR) is 474 cm³/mol. The first-order valence-corrected chi connectivity index (χ1v) is 39.7. The van der Waals surface area contributed by atoms with E-state index in [1.807, 2.05) is 119 Å². The Hall–Kier alpha value is -8.81. The molecule has 0 aliphatic heterocycles. The summed E-state index contributed by atoms with van der Waals surface area (Å²) < 4.78 is 35.5. The lowest BCUT2D eigenvalue weighted by molar-refractivity contribution is -0.159. The van der Waals surface area contributed by atoms with Gasteiger partial charge in [-0.15, -0.1) is 0 Å². The van der Waals surface area contributed by atoms with Gasteiger partial charge in [-0.25, -0.2) is 4.79 Å². The van der Waals surface area contributed by atoms with E-state index in [0.29, 0.717) is 77.8 Å². The van der Waals surface area contributed by atoms with Crippen LogP contribution in [0.2, 0.25) is 0 Å². The van der Waals surface area contributed by atoms with Gasteiger partial charge in [0, 0.05) is 12.8 Å². The Kier molecular flexibility index (Phi) is 51.0. The third-order valence-corrected chi connectivity index (χ3v) is 20.1. The molecule has 0 saturated carbocycles. The molecule has 0 amide bonds. The highest BCUT2D eigenvalue weighted by Gasteiger charge is 2.32. The largest absolute Gasteiger partial charge is 0.508 e. The van der Waals surface area contributed by atoms with E-state index < -0.39 is 22.2 Å². The number of aromatic hydroxyl groups is 3. The summed E-state index contributed by atoms with van der Waals surface area (Å²) in [6.45, 7) is 56.3. The SMILES string of the molecule is C.C.C.C.CCC(C)(C)C(=O)OC.CCC(C)(C)C(=O)OCCOC(=O)CCc1cc(C(C)(C)C)c(O)c(C(C)(C)C)c1.CCC(C)(C)C(=O)OCCOC(=O)CCc1cc(C(C)(C)C)c(O)c(C(C)(C)C)c1.CCC(C)(C)C(=O)OCCOC(=O)c1ccc2n[nH]nc2c1.CCC(C)c1ccc(O)cc1.CCC(C)c1ccccc1. The average Bonchev–Trinajstić information content (AvgIpc) is 1.58. The molecule has 6 rings (SSSR count). The van der Waals surface area contributed by atoms with Crippen molar-refractivity contribution in [2.75, 3.05) is 46.8 Å². The maximum absolute atomic E-state index is 12.1. The first-order valence-electron chi connectivity index (χ1n) is 39.7. The Morgan fingerprint density at radius 1 is 0.379 bits per heavy atom. The number of carbonyl (C=O) groups excluding carboxylic acids is 7. The highest BCUT2D eigenvalue weighted by molar-refractivity contribution is 5.93. The summed E-state index contributed by atoms with van der Waals surface area (Å²) >= 11 is 0. The number of methoxy groups -OCH3 is 1. The minimum atomic E-state index is -0.529. The number of hydrogen-bond donors (Lipinski definition) is 4. The molecule has 116 heavy (non-hydrogen) atoms. The summed E-state index contributed by atoms with van der Waals surface area (Å²) in [6, 6.07) is 30.9. The summed E-state index contributed by atoms with van der Waals surface area (Å²) in [5.74, 6) is 0.164. The minimum Gasteiger partial charge on any atom is -0.508 e. The molecular weight excluding hydrogens is 1470 g/mol. The molecule has 0 bridgehead atoms. The van der Waals surface area contributed by atoms with Gasteiger partial charge >= 0.3 is 41.8 Å². The van der Waals surface area contributed by atoms with Crippen LogP contribution >= 0.6 is 0 Å². The van der Waals surface area contributed by atoms with Gasteiger partial charge in [0.05, 0.1) is 34.3 Å². The molecule has 0 saturated heterocycles. The fraction of sp³-hybridized carbons (Fsp3) is 0.615. The highest BCUT2D eigenvalue weighted by Crippen LogP contribution is 2.42. The van der Waals surface area contributed by atoms with E-state index in [1.54, 1.807) is 30.3 Å². The molecule has 1 heterocycles. The van der Waals surface area contributed by atoms with Crippen LogP contribution in [-0.2, 0) is 96.4 Å². The van der Waals surface area contributed by atoms with Crippen molar-refractivity contribution in [3.63, 3.8) is 0 Å². The number of aromatic amines is 1. The van der Waals surface area contributed by atoms with E-state index in [-0.39, 0.29) is 145 Å². The number of H-pyrrole nitrogens is 1. The van der Waals surface area contributed by atoms with Crippen LogP contribution in [0.1, 0.15) is 342 Å². The van der Waals surface area contributed by atoms with E-state index in [9.17, 15) is 43.8 Å². The number of esters is 7. The Balaban J connectivity index is -0.000000681. The number of aryl methyl sites for hydroxylation is 2. The first kappa shape index (κ1) is 114. The molecule has 4 N–H and O–H groups in total. The second-order valence-corrected chi connectivity index (χ2v) is 35.2. The smallest absolute Gasteiger partial charge is 0.338 e. The summed E-state index contributed by atoms with van der Waals surface area (Å²) in [4.78, 5) is 82.6. The van der Waals surface area contributed by atoms with Crippen molar-refractivity contribution in [3.8, 4) is 17.2 Å². The first-order chi connectivity index (χ1) is 51.7. The number of benzene rings is 5. The Morgan fingerprint density at radius 3 is 0.983 bits per heavy atom. The number of hydrogen-bond acceptors (Lipinski definition) is 19. The molecule has 1 aromatic heterocycles. The molecule has 20 heteroatoms. The van der Waals surface area contributed by atoms with Crippen molar-refractivity contribution in [1.82, 2.24) is 15.4 Å². The summed E-state index contributed by atoms with van der Waals surface area (Å²) in [7, 11) is 1.42. The van der Waals surface area contributed by atoms with Crippen molar-refractivity contribution in [1.29, 1.82) is 0 Å². The zero-order valence-corrected chi connectivity index (χ0v) is 73.7. The van der Waals surface area contributed by atoms with Crippen LogP contribution in [0.5, 0.6) is 17.2 Å². The van der Waals surface area contributed by atoms with Gasteiger partial charge in [0.2, 0.25) is 0 Å². The zero-order chi connectivity index (χ0) is 86.0. The summed E-state index contributed by atoms with van der Waals surface area (Å²) in [5.41, 5.74) is 7.15. The number of nitrogens with one attached hydrogen (secondary N) is 1. The lowest BCUT2D eigenvalue weighted by Gasteiger charge is -2.28. The molecule has 0 spiro atoms. The fourth-order valence-electron chi connectivity index (χ4n) is 10.00. The molecule has 6 aromatic rings. The van der Waals surface area contributed by atoms with Crippen LogP contribution in [0.3, 0.4) is 0 Å². The molecule has 2 atom stereocenters. The number of fused-ring (bicyclic) bond motifs is 1. The number of aromatic nitrogens is 3. The number of phenols is 3. The van der Waals surface area contributed by atoms with Gasteiger partial charge in [-0.05, 0) is 215 Å². The van der Waals surface area contributed by atoms with Crippen LogP contribution in [0.4, 0.5) is 0 Å². The lowest BCUT2D eigenvalue weighted by atomic mass is 9.78. The Labute approximate surface area is 700 Å². The van der Waals surface area contributed by atoms with Gasteiger partial charge in [0.1, 0.15) is 67.9 Å². The maximum atomic E-state index is 12.1. The van der Waals surface area contributed by atoms with Crippen molar-refractivity contribution < 1.29 is 82.0 Å². The van der Waals surface area contributed by atoms with Crippen LogP contribution in [0.15, 0.2) is 97.1 Å². The van der Waals surface area contributed by atoms with Crippen LogP contribution in [0, 0.1) is 21.7 Å². The molecule has 0 aliphatic carbocycles. The van der Waals surface area contributed by atoms with E-state index in [1.165, 1.54) is 24.7 Å². The van der Waals surface area contributed by atoms with Crippen molar-refractivity contribution in [2.24, 2.45) is 21.7 Å². The molecule has 5 aromatic carbocycles. The molecule has 2 unspecified atom stereocenters. The number of ether oxygens (including phenoxy) is 7. The van der Waals surface area contributed by atoms with Gasteiger partial charge in [-0.2, -0.15) is 15.4 Å². The Bertz CT molecular complexity index is 3680. The standard InChI is InChI=1S/2C25H40O5.C15H19N3O4.C10H14O.C10H14.C7H14O2.4CH4/c2*1-10-25(8,9)22(28)30-14-13-29-20(26)12-11-17-15-18(23(2,3)4)21(27)19(16-17)24(5,6)7;1-4-15(2,3)14(20)22-8-7-21-13(19)10-5-6-11-12(9-10)17-18-16-11;1-3-8(2)9-4-6-10(11)7-5-9;1-3-9(2)10-7-5-4-6-8-10;1-5-7(2,3)6(8)9-4;;;;/h2*15-16,27H,10-14H2,1-9H3;5-6,9H,4,7-8H2,1-3H3,(H,16,17,18);4-8,11H,3H2,1-2H3;4-9H,3H2,1-2H3;5H2,1-4H3;4*1H4. The molecule has 658 valence electrons. The van der Waals surface area contributed by atoms with E-state index in [4.69, 9.17) is 33.5 Å². The van der Waals surface area contributed by atoms with Crippen LogP contribution in [-0.4, -0.2) is 119 Å². The molecule has 0 fully saturated rings. The van der Waals surface area contributed by atoms with Crippen LogP contribution < -0.4 is 0 Å². The zero-order valence-electron chi connectivity index (χ0n) is 73.7. The van der Waals surface area contributed by atoms with Crippen molar-refractivity contribution >= 4 is 52.8 Å². The third-order valence-electron chi connectivity index (χ3n) is 20.1. The van der Waals surface area contributed by atoms with E-state index in [0.717, 1.165) is 46.2 Å². The van der Waals surface area contributed by atoms with Gasteiger partial charge in [0.25, 0.3) is 0 Å². The van der Waals surface area contributed by atoms with Gasteiger partial charge in [-0.3, -0.25) is 28.8 Å². The molecule has 0 aliphatic rings. The normalized spacial score (nSPS) is 11.9. The van der Waals surface area contributed by atoms with E-state index in [2.05, 4.69) is 161 Å². The summed E-state index contributed by atoms with van der Waals surface area (Å²) in [5, 5.41) is 40.9. The molecular formula is C96H157N3O17. The van der Waals surface area contributed by atoms with E-state index >= 15 is 0 Å². The summed E-state index contributed by atoms with van der Waals surface area (Å²) in [6.07, 6.45) is 6.75.